The highest BCUT2D eigenvalue weighted by atomic mass is 16.8. The van der Waals surface area contributed by atoms with Crippen LogP contribution in [0.1, 0.15) is 19.4 Å². The van der Waals surface area contributed by atoms with E-state index in [1.54, 1.807) is 6.08 Å². The first-order valence-corrected chi connectivity index (χ1v) is 8.48. The second kappa shape index (κ2) is 7.53. The zero-order valence-electron chi connectivity index (χ0n) is 14.7. The molecule has 2 aliphatic heterocycles. The number of hydrogen-bond donors (Lipinski definition) is 1. The molecule has 6 nitrogen and oxygen atoms in total. The maximum absolute atomic E-state index is 10.0. The van der Waals surface area contributed by atoms with Crippen LogP contribution in [-0.2, 0) is 30.3 Å². The number of hydrogen-bond acceptors (Lipinski definition) is 6. The zero-order chi connectivity index (χ0) is 17.9. The molecule has 4 atom stereocenters. The molecule has 3 rings (SSSR count). The van der Waals surface area contributed by atoms with E-state index in [4.69, 9.17) is 23.7 Å². The van der Waals surface area contributed by atoms with Crippen molar-refractivity contribution in [3.8, 4) is 0 Å². The Kier molecular flexibility index (Phi) is 5.58. The van der Waals surface area contributed by atoms with Crippen LogP contribution in [-0.4, -0.2) is 54.8 Å². The van der Waals surface area contributed by atoms with Crippen LogP contribution in [0.2, 0.25) is 0 Å². The summed E-state index contributed by atoms with van der Waals surface area (Å²) in [6, 6.07) is 9.83. The normalized spacial score (nSPS) is 33.3. The van der Waals surface area contributed by atoms with Crippen LogP contribution in [0.15, 0.2) is 43.0 Å². The molecule has 0 saturated carbocycles. The molecule has 2 saturated heterocycles. The second-order valence-electron chi connectivity index (χ2n) is 6.83. The second-order valence-corrected chi connectivity index (χ2v) is 6.83. The molecule has 1 N–H and O–H groups in total. The Morgan fingerprint density at radius 3 is 2.64 bits per heavy atom. The molecule has 0 bridgehead atoms. The summed E-state index contributed by atoms with van der Waals surface area (Å²) < 4.78 is 29.5. The minimum atomic E-state index is -1.04. The SMILES string of the molecule is C=CCOC[C@]1(CO)O[C@@H]2OC(C)(C)O[C@@H]2[C@H]1OCc1ccccc1. The highest BCUT2D eigenvalue weighted by molar-refractivity contribution is 5.14. The van der Waals surface area contributed by atoms with Gasteiger partial charge in [-0.1, -0.05) is 36.4 Å². The minimum Gasteiger partial charge on any atom is -0.393 e. The fourth-order valence-corrected chi connectivity index (χ4v) is 3.26. The first kappa shape index (κ1) is 18.5. The minimum absolute atomic E-state index is 0.162. The fourth-order valence-electron chi connectivity index (χ4n) is 3.26. The van der Waals surface area contributed by atoms with Crippen LogP contribution in [0.3, 0.4) is 0 Å². The Morgan fingerprint density at radius 2 is 1.96 bits per heavy atom. The van der Waals surface area contributed by atoms with Gasteiger partial charge in [-0.15, -0.1) is 6.58 Å². The van der Waals surface area contributed by atoms with Gasteiger partial charge in [-0.2, -0.15) is 0 Å². The van der Waals surface area contributed by atoms with Crippen LogP contribution in [0.25, 0.3) is 0 Å². The van der Waals surface area contributed by atoms with Gasteiger partial charge in [0.1, 0.15) is 17.8 Å². The molecule has 1 aromatic rings. The standard InChI is InChI=1S/C19H26O6/c1-4-10-21-13-19(12-20)16(22-11-14-8-6-5-7-9-14)15-17(25-19)24-18(2,3)23-15/h4-9,15-17,20H,1,10-13H2,2-3H3/t15-,16-,17+,19+/m1/s1. The molecule has 0 unspecified atom stereocenters. The van der Waals surface area contributed by atoms with Crippen molar-refractivity contribution in [2.24, 2.45) is 0 Å². The summed E-state index contributed by atoms with van der Waals surface area (Å²) in [6.07, 6.45) is 0.0966. The van der Waals surface area contributed by atoms with Crippen LogP contribution in [0.4, 0.5) is 0 Å². The Bertz CT molecular complexity index is 575. The largest absolute Gasteiger partial charge is 0.393 e. The lowest BCUT2D eigenvalue weighted by Crippen LogP contribution is -2.52. The van der Waals surface area contributed by atoms with Gasteiger partial charge in [0.15, 0.2) is 12.1 Å². The van der Waals surface area contributed by atoms with E-state index in [1.807, 2.05) is 44.2 Å². The summed E-state index contributed by atoms with van der Waals surface area (Å²) in [7, 11) is 0. The maximum atomic E-state index is 10.0. The Labute approximate surface area is 148 Å². The molecule has 0 amide bonds. The van der Waals surface area contributed by atoms with Crippen molar-refractivity contribution in [1.82, 2.24) is 0 Å². The van der Waals surface area contributed by atoms with E-state index in [2.05, 4.69) is 6.58 Å². The summed E-state index contributed by atoms with van der Waals surface area (Å²) in [6.45, 7) is 7.94. The Hall–Kier alpha value is -1.28. The summed E-state index contributed by atoms with van der Waals surface area (Å²) in [4.78, 5) is 0. The van der Waals surface area contributed by atoms with Crippen LogP contribution < -0.4 is 0 Å². The third kappa shape index (κ3) is 3.95. The number of aliphatic hydroxyl groups excluding tert-OH is 1. The molecule has 2 heterocycles. The zero-order valence-corrected chi connectivity index (χ0v) is 14.7. The Morgan fingerprint density at radius 1 is 1.20 bits per heavy atom. The number of benzene rings is 1. The smallest absolute Gasteiger partial charge is 0.190 e. The number of fused-ring (bicyclic) bond motifs is 1. The predicted molar refractivity (Wildman–Crippen MR) is 90.8 cm³/mol. The number of rotatable bonds is 8. The van der Waals surface area contributed by atoms with Gasteiger partial charge in [0, 0.05) is 0 Å². The lowest BCUT2D eigenvalue weighted by Gasteiger charge is -2.35. The van der Waals surface area contributed by atoms with Crippen molar-refractivity contribution in [2.45, 2.75) is 50.3 Å². The van der Waals surface area contributed by atoms with Gasteiger partial charge in [-0.05, 0) is 19.4 Å². The highest BCUT2D eigenvalue weighted by Gasteiger charge is 2.62. The molecule has 138 valence electrons. The average molecular weight is 350 g/mol. The van der Waals surface area contributed by atoms with Gasteiger partial charge in [-0.25, -0.2) is 0 Å². The van der Waals surface area contributed by atoms with Crippen molar-refractivity contribution in [2.75, 3.05) is 19.8 Å². The van der Waals surface area contributed by atoms with Gasteiger partial charge in [0.25, 0.3) is 0 Å². The van der Waals surface area contributed by atoms with Crippen molar-refractivity contribution in [1.29, 1.82) is 0 Å². The van der Waals surface area contributed by atoms with Gasteiger partial charge in [-0.3, -0.25) is 0 Å². The van der Waals surface area contributed by atoms with E-state index in [0.29, 0.717) is 13.2 Å². The number of aliphatic hydroxyl groups is 1. The van der Waals surface area contributed by atoms with Crippen molar-refractivity contribution in [3.05, 3.63) is 48.6 Å². The van der Waals surface area contributed by atoms with E-state index in [9.17, 15) is 5.11 Å². The van der Waals surface area contributed by atoms with Gasteiger partial charge in [0.2, 0.25) is 0 Å². The molecule has 6 heteroatoms. The predicted octanol–water partition coefficient (Wildman–Crippen LogP) is 2.01. The molecule has 0 aromatic heterocycles. The van der Waals surface area contributed by atoms with Crippen LogP contribution in [0, 0.1) is 0 Å². The first-order chi connectivity index (χ1) is 12.0. The topological polar surface area (TPSA) is 66.4 Å². The molecule has 0 radical (unpaired) electrons. The summed E-state index contributed by atoms with van der Waals surface area (Å²) >= 11 is 0. The quantitative estimate of drug-likeness (QED) is 0.571. The van der Waals surface area contributed by atoms with Crippen LogP contribution >= 0.6 is 0 Å². The molecule has 0 aliphatic carbocycles. The van der Waals surface area contributed by atoms with E-state index in [1.165, 1.54) is 0 Å². The summed E-state index contributed by atoms with van der Waals surface area (Å²) in [5, 5.41) is 10.0. The molecule has 25 heavy (non-hydrogen) atoms. The lowest BCUT2D eigenvalue weighted by molar-refractivity contribution is -0.260. The third-order valence-electron chi connectivity index (χ3n) is 4.38. The molecule has 2 aliphatic rings. The van der Waals surface area contributed by atoms with Crippen molar-refractivity contribution in [3.63, 3.8) is 0 Å². The van der Waals surface area contributed by atoms with Crippen LogP contribution in [0.5, 0.6) is 0 Å². The molecular weight excluding hydrogens is 324 g/mol. The molecule has 0 spiro atoms. The summed E-state index contributed by atoms with van der Waals surface area (Å²) in [5.74, 6) is -0.757. The fraction of sp³-hybridized carbons (Fsp3) is 0.579. The molecular formula is C19H26O6. The highest BCUT2D eigenvalue weighted by Crippen LogP contribution is 2.44. The monoisotopic (exact) mass is 350 g/mol. The van der Waals surface area contributed by atoms with E-state index in [-0.39, 0.29) is 13.2 Å². The number of ether oxygens (including phenoxy) is 5. The van der Waals surface area contributed by atoms with Crippen molar-refractivity contribution < 1.29 is 28.8 Å². The van der Waals surface area contributed by atoms with Gasteiger partial charge >= 0.3 is 0 Å². The molecule has 1 aromatic carbocycles. The van der Waals surface area contributed by atoms with Crippen molar-refractivity contribution >= 4 is 0 Å². The molecule has 2 fully saturated rings. The third-order valence-corrected chi connectivity index (χ3v) is 4.38. The van der Waals surface area contributed by atoms with Gasteiger partial charge in [0.05, 0.1) is 26.4 Å². The lowest BCUT2D eigenvalue weighted by atomic mass is 9.96. The first-order valence-electron chi connectivity index (χ1n) is 8.48. The van der Waals surface area contributed by atoms with Gasteiger partial charge < -0.3 is 28.8 Å². The maximum Gasteiger partial charge on any atom is 0.190 e. The summed E-state index contributed by atoms with van der Waals surface area (Å²) in [5.41, 5.74) is -0.00754. The van der Waals surface area contributed by atoms with E-state index >= 15 is 0 Å². The van der Waals surface area contributed by atoms with E-state index in [0.717, 1.165) is 5.56 Å². The Balaban J connectivity index is 1.77. The average Bonchev–Trinajstić information content (AvgIpc) is 3.03. The van der Waals surface area contributed by atoms with E-state index < -0.39 is 29.9 Å².